The Morgan fingerprint density at radius 2 is 1.62 bits per heavy atom. The van der Waals surface area contributed by atoms with Crippen LogP contribution in [0.4, 0.5) is 13.2 Å². The van der Waals surface area contributed by atoms with Crippen molar-refractivity contribution in [1.29, 1.82) is 0 Å². The number of aliphatic carboxylic acids is 1. The molecule has 10 heteroatoms. The van der Waals surface area contributed by atoms with E-state index in [9.17, 15) is 21.6 Å². The van der Waals surface area contributed by atoms with Crippen molar-refractivity contribution >= 4 is 16.0 Å². The molecule has 1 saturated carbocycles. The number of benzene rings is 1. The van der Waals surface area contributed by atoms with E-state index >= 15 is 0 Å². The van der Waals surface area contributed by atoms with Gasteiger partial charge in [-0.25, -0.2) is 13.2 Å². The minimum absolute atomic E-state index is 0.0719. The predicted octanol–water partition coefficient (Wildman–Crippen LogP) is 2.77. The first-order valence-electron chi connectivity index (χ1n) is 9.60. The van der Waals surface area contributed by atoms with Gasteiger partial charge in [-0.15, -0.1) is 0 Å². The number of aryl methyl sites for hydroxylation is 1. The molecule has 1 N–H and O–H groups in total. The molecule has 2 saturated heterocycles. The summed E-state index contributed by atoms with van der Waals surface area (Å²) in [5, 5.41) is 7.05. The molecule has 2 aliphatic heterocycles. The van der Waals surface area contributed by atoms with Crippen LogP contribution < -0.4 is 0 Å². The van der Waals surface area contributed by atoms with Crippen molar-refractivity contribution in [2.45, 2.75) is 62.7 Å². The Hall–Kier alpha value is -1.65. The number of fused-ring (bicyclic) bond motifs is 1. The third kappa shape index (κ3) is 5.10. The number of alkyl halides is 3. The standard InChI is InChI=1S/C17H24N2O2S.C2HF3O2/c1-13-2-4-14(5-3-13)12-18-10-8-17-16(18)9-11-19(17)22(20,21)15-6-7-15;3-2(4,5)1(6)7/h2-5,15-17H,6-12H2,1H3;(H,6,7)/t16-,17+;/m1./s1. The SMILES string of the molecule is Cc1ccc(CN2CC[C@H]3[C@H]2CCN3S(=O)(=O)C2CC2)cc1.O=C(O)C(F)(F)F. The van der Waals surface area contributed by atoms with Crippen LogP contribution >= 0.6 is 0 Å². The van der Waals surface area contributed by atoms with Gasteiger partial charge in [-0.05, 0) is 38.2 Å². The summed E-state index contributed by atoms with van der Waals surface area (Å²) in [6.07, 6.45) is -1.38. The lowest BCUT2D eigenvalue weighted by molar-refractivity contribution is -0.192. The lowest BCUT2D eigenvalue weighted by atomic mass is 10.1. The van der Waals surface area contributed by atoms with E-state index in [1.54, 1.807) is 0 Å². The molecule has 1 aliphatic carbocycles. The summed E-state index contributed by atoms with van der Waals surface area (Å²) < 4.78 is 58.7. The maximum atomic E-state index is 12.5. The highest BCUT2D eigenvalue weighted by Crippen LogP contribution is 2.39. The second-order valence-electron chi connectivity index (χ2n) is 7.83. The highest BCUT2D eigenvalue weighted by atomic mass is 32.2. The lowest BCUT2D eigenvalue weighted by Crippen LogP contribution is -2.41. The Balaban J connectivity index is 0.000000298. The van der Waals surface area contributed by atoms with Gasteiger partial charge in [0.2, 0.25) is 10.0 Å². The number of carboxylic acid groups (broad SMARTS) is 1. The van der Waals surface area contributed by atoms with Crippen molar-refractivity contribution < 1.29 is 31.5 Å². The highest BCUT2D eigenvalue weighted by Gasteiger charge is 2.50. The van der Waals surface area contributed by atoms with Gasteiger partial charge in [0, 0.05) is 31.7 Å². The maximum absolute atomic E-state index is 12.5. The van der Waals surface area contributed by atoms with E-state index in [0.29, 0.717) is 6.04 Å². The van der Waals surface area contributed by atoms with E-state index < -0.39 is 22.2 Å². The fourth-order valence-electron chi connectivity index (χ4n) is 4.03. The van der Waals surface area contributed by atoms with E-state index in [-0.39, 0.29) is 11.3 Å². The summed E-state index contributed by atoms with van der Waals surface area (Å²) in [5.74, 6) is -2.76. The zero-order chi connectivity index (χ0) is 21.4. The van der Waals surface area contributed by atoms with Crippen LogP contribution in [-0.4, -0.2) is 65.3 Å². The van der Waals surface area contributed by atoms with Gasteiger partial charge < -0.3 is 5.11 Å². The normalized spacial score (nSPS) is 25.4. The zero-order valence-electron chi connectivity index (χ0n) is 16.1. The van der Waals surface area contributed by atoms with Crippen LogP contribution in [0.3, 0.4) is 0 Å². The van der Waals surface area contributed by atoms with E-state index in [1.807, 2.05) is 4.31 Å². The van der Waals surface area contributed by atoms with E-state index in [4.69, 9.17) is 9.90 Å². The largest absolute Gasteiger partial charge is 0.490 e. The fourth-order valence-corrected chi connectivity index (χ4v) is 6.13. The number of hydrogen-bond donors (Lipinski definition) is 1. The van der Waals surface area contributed by atoms with E-state index in [0.717, 1.165) is 45.3 Å². The summed E-state index contributed by atoms with van der Waals surface area (Å²) in [4.78, 5) is 11.4. The Kier molecular flexibility index (Phi) is 6.26. The van der Waals surface area contributed by atoms with Crippen molar-refractivity contribution in [2.24, 2.45) is 0 Å². The van der Waals surface area contributed by atoms with Crippen LogP contribution in [0, 0.1) is 6.92 Å². The molecular formula is C19H25F3N2O4S. The molecule has 2 atom stereocenters. The minimum Gasteiger partial charge on any atom is -0.475 e. The van der Waals surface area contributed by atoms with Crippen molar-refractivity contribution in [2.75, 3.05) is 13.1 Å². The summed E-state index contributed by atoms with van der Waals surface area (Å²) in [6, 6.07) is 9.32. The molecule has 162 valence electrons. The molecule has 3 aliphatic rings. The molecule has 0 aromatic heterocycles. The monoisotopic (exact) mass is 434 g/mol. The summed E-state index contributed by atoms with van der Waals surface area (Å²) >= 11 is 0. The molecule has 0 radical (unpaired) electrons. The van der Waals surface area contributed by atoms with Crippen LogP contribution in [0.25, 0.3) is 0 Å². The predicted molar refractivity (Wildman–Crippen MR) is 101 cm³/mol. The molecule has 0 unspecified atom stereocenters. The van der Waals surface area contributed by atoms with Crippen LogP contribution in [0.15, 0.2) is 24.3 Å². The van der Waals surface area contributed by atoms with Gasteiger partial charge in [0.1, 0.15) is 0 Å². The van der Waals surface area contributed by atoms with Crippen molar-refractivity contribution in [3.8, 4) is 0 Å². The van der Waals surface area contributed by atoms with Crippen molar-refractivity contribution in [3.05, 3.63) is 35.4 Å². The van der Waals surface area contributed by atoms with Gasteiger partial charge in [-0.1, -0.05) is 29.8 Å². The first-order chi connectivity index (χ1) is 13.5. The minimum atomic E-state index is -5.08. The maximum Gasteiger partial charge on any atom is 0.490 e. The van der Waals surface area contributed by atoms with Gasteiger partial charge in [-0.3, -0.25) is 4.90 Å². The summed E-state index contributed by atoms with van der Waals surface area (Å²) in [7, 11) is -3.01. The number of likely N-dealkylation sites (tertiary alicyclic amines) is 1. The smallest absolute Gasteiger partial charge is 0.475 e. The number of carboxylic acids is 1. The number of sulfonamides is 1. The highest BCUT2D eigenvalue weighted by molar-refractivity contribution is 7.90. The molecule has 0 amide bonds. The molecule has 2 heterocycles. The van der Waals surface area contributed by atoms with Gasteiger partial charge in [0.05, 0.1) is 5.25 Å². The molecule has 6 nitrogen and oxygen atoms in total. The topological polar surface area (TPSA) is 77.9 Å². The average molecular weight is 434 g/mol. The third-order valence-corrected chi connectivity index (χ3v) is 8.08. The molecule has 1 aromatic rings. The Bertz CT molecular complexity index is 838. The lowest BCUT2D eigenvalue weighted by Gasteiger charge is -2.25. The number of rotatable bonds is 4. The van der Waals surface area contributed by atoms with Crippen molar-refractivity contribution in [1.82, 2.24) is 9.21 Å². The number of carbonyl (C=O) groups is 1. The van der Waals surface area contributed by atoms with Crippen LogP contribution in [0.1, 0.15) is 36.8 Å². The average Bonchev–Trinajstić information content (AvgIpc) is 3.30. The third-order valence-electron chi connectivity index (χ3n) is 5.66. The van der Waals surface area contributed by atoms with Crippen molar-refractivity contribution in [3.63, 3.8) is 0 Å². The van der Waals surface area contributed by atoms with Crippen LogP contribution in [0.5, 0.6) is 0 Å². The fraction of sp³-hybridized carbons (Fsp3) is 0.632. The molecule has 29 heavy (non-hydrogen) atoms. The first-order valence-corrected chi connectivity index (χ1v) is 11.1. The Morgan fingerprint density at radius 1 is 1.07 bits per heavy atom. The molecule has 4 rings (SSSR count). The number of halogens is 3. The van der Waals surface area contributed by atoms with Gasteiger partial charge >= 0.3 is 12.1 Å². The van der Waals surface area contributed by atoms with Crippen LogP contribution in [0.2, 0.25) is 0 Å². The zero-order valence-corrected chi connectivity index (χ0v) is 16.9. The van der Waals surface area contributed by atoms with E-state index in [2.05, 4.69) is 36.1 Å². The second-order valence-corrected chi connectivity index (χ2v) is 9.99. The molecular weight excluding hydrogens is 409 g/mol. The quantitative estimate of drug-likeness (QED) is 0.789. The van der Waals surface area contributed by atoms with Crippen LogP contribution in [-0.2, 0) is 21.4 Å². The van der Waals surface area contributed by atoms with Gasteiger partial charge in [0.15, 0.2) is 0 Å². The Labute approximate surface area is 168 Å². The first kappa shape index (κ1) is 22.0. The summed E-state index contributed by atoms with van der Waals surface area (Å²) in [6.45, 7) is 4.78. The van der Waals surface area contributed by atoms with Gasteiger partial charge in [0.25, 0.3) is 0 Å². The molecule has 3 fully saturated rings. The molecule has 0 bridgehead atoms. The Morgan fingerprint density at radius 3 is 2.14 bits per heavy atom. The number of hydrogen-bond acceptors (Lipinski definition) is 4. The number of nitrogens with zero attached hydrogens (tertiary/aromatic N) is 2. The van der Waals surface area contributed by atoms with E-state index in [1.165, 1.54) is 11.1 Å². The van der Waals surface area contributed by atoms with Gasteiger partial charge in [-0.2, -0.15) is 17.5 Å². The molecule has 1 aromatic carbocycles. The molecule has 0 spiro atoms. The second kappa shape index (κ2) is 8.23. The summed E-state index contributed by atoms with van der Waals surface area (Å²) in [5.41, 5.74) is 2.61.